The van der Waals surface area contributed by atoms with Crippen LogP contribution in [-0.4, -0.2) is 54.9 Å². The zero-order valence-corrected chi connectivity index (χ0v) is 21.5. The molecule has 2 heterocycles. The van der Waals surface area contributed by atoms with E-state index in [2.05, 4.69) is 32.7 Å². The van der Waals surface area contributed by atoms with Crippen molar-refractivity contribution in [2.75, 3.05) is 44.5 Å². The quantitative estimate of drug-likeness (QED) is 0.381. The molecule has 1 fully saturated rings. The molecule has 8 nitrogen and oxygen atoms in total. The van der Waals surface area contributed by atoms with Crippen LogP contribution in [0.1, 0.15) is 32.6 Å². The standard InChI is InChI=1S/C26H31ClFN5O3/c1-16-8-11-33(12-9-16)10-4-5-24(34)30-21-14-18-20(15-23(21)36-3)31-32-26(27)25(18)29-17-6-7-22(35-2)19(28)13-17/h6-7,13-16H,4-5,8-12H2,1-3H3,(H,29,31)(H,30,34). The summed E-state index contributed by atoms with van der Waals surface area (Å²) in [6, 6.07) is 7.90. The molecule has 0 atom stereocenters. The maximum Gasteiger partial charge on any atom is 0.224 e. The number of hydrogen-bond donors (Lipinski definition) is 2. The molecule has 1 saturated heterocycles. The second-order valence-electron chi connectivity index (χ2n) is 9.09. The molecule has 1 aliphatic rings. The van der Waals surface area contributed by atoms with Crippen molar-refractivity contribution in [3.63, 3.8) is 0 Å². The molecule has 0 radical (unpaired) electrons. The number of piperidine rings is 1. The molecule has 1 aromatic heterocycles. The number of aromatic nitrogens is 2. The van der Waals surface area contributed by atoms with Gasteiger partial charge in [-0.2, -0.15) is 0 Å². The number of halogens is 2. The number of benzene rings is 2. The van der Waals surface area contributed by atoms with Crippen LogP contribution in [-0.2, 0) is 4.79 Å². The van der Waals surface area contributed by atoms with Crippen molar-refractivity contribution >= 4 is 45.5 Å². The van der Waals surface area contributed by atoms with Gasteiger partial charge < -0.3 is 25.0 Å². The van der Waals surface area contributed by atoms with Gasteiger partial charge in [0.05, 0.1) is 31.1 Å². The van der Waals surface area contributed by atoms with Gasteiger partial charge in [0.15, 0.2) is 16.7 Å². The average Bonchev–Trinajstić information content (AvgIpc) is 2.87. The summed E-state index contributed by atoms with van der Waals surface area (Å²) >= 11 is 6.36. The highest BCUT2D eigenvalue weighted by molar-refractivity contribution is 6.33. The van der Waals surface area contributed by atoms with Crippen molar-refractivity contribution in [1.29, 1.82) is 0 Å². The molecule has 10 heteroatoms. The third-order valence-electron chi connectivity index (χ3n) is 6.49. The maximum absolute atomic E-state index is 14.2. The SMILES string of the molecule is COc1ccc(Nc2c(Cl)nnc3cc(OC)c(NC(=O)CCCN4CCC(C)CC4)cc23)cc1F. The van der Waals surface area contributed by atoms with E-state index in [0.29, 0.717) is 40.1 Å². The van der Waals surface area contributed by atoms with Crippen LogP contribution in [0, 0.1) is 11.7 Å². The van der Waals surface area contributed by atoms with Crippen LogP contribution < -0.4 is 20.1 Å². The summed E-state index contributed by atoms with van der Waals surface area (Å²) in [5.41, 5.74) is 1.89. The fourth-order valence-electron chi connectivity index (χ4n) is 4.35. The molecule has 2 N–H and O–H groups in total. The topological polar surface area (TPSA) is 88.6 Å². The zero-order valence-electron chi connectivity index (χ0n) is 20.7. The van der Waals surface area contributed by atoms with E-state index in [1.165, 1.54) is 39.2 Å². The van der Waals surface area contributed by atoms with E-state index in [9.17, 15) is 9.18 Å². The van der Waals surface area contributed by atoms with Gasteiger partial charge in [-0.3, -0.25) is 4.79 Å². The van der Waals surface area contributed by atoms with E-state index in [1.54, 1.807) is 18.2 Å². The predicted molar refractivity (Wildman–Crippen MR) is 140 cm³/mol. The highest BCUT2D eigenvalue weighted by Gasteiger charge is 2.18. The summed E-state index contributed by atoms with van der Waals surface area (Å²) in [5, 5.41) is 14.9. The lowest BCUT2D eigenvalue weighted by atomic mass is 9.99. The Morgan fingerprint density at radius 3 is 2.58 bits per heavy atom. The van der Waals surface area contributed by atoms with Gasteiger partial charge in [-0.05, 0) is 63.0 Å². The Hall–Kier alpha value is -3.17. The summed E-state index contributed by atoms with van der Waals surface area (Å²) in [4.78, 5) is 15.2. The second-order valence-corrected chi connectivity index (χ2v) is 9.44. The lowest BCUT2D eigenvalue weighted by Gasteiger charge is -2.30. The first-order valence-electron chi connectivity index (χ1n) is 12.0. The number of carbonyl (C=O) groups excluding carboxylic acids is 1. The maximum atomic E-state index is 14.2. The molecule has 3 aromatic rings. The largest absolute Gasteiger partial charge is 0.494 e. The van der Waals surface area contributed by atoms with E-state index in [-0.39, 0.29) is 16.8 Å². The van der Waals surface area contributed by atoms with E-state index in [0.717, 1.165) is 32.0 Å². The summed E-state index contributed by atoms with van der Waals surface area (Å²) < 4.78 is 24.7. The van der Waals surface area contributed by atoms with Crippen molar-refractivity contribution in [3.05, 3.63) is 41.3 Å². The number of rotatable bonds is 9. The van der Waals surface area contributed by atoms with E-state index in [4.69, 9.17) is 21.1 Å². The number of likely N-dealkylation sites (tertiary alicyclic amines) is 1. The van der Waals surface area contributed by atoms with Crippen molar-refractivity contribution in [2.24, 2.45) is 5.92 Å². The first-order chi connectivity index (χ1) is 17.4. The molecule has 1 aliphatic heterocycles. The van der Waals surface area contributed by atoms with E-state index in [1.807, 2.05) is 0 Å². The molecule has 0 unspecified atom stereocenters. The number of amides is 1. The number of anilines is 3. The molecular weight excluding hydrogens is 485 g/mol. The molecule has 36 heavy (non-hydrogen) atoms. The first kappa shape index (κ1) is 25.9. The minimum Gasteiger partial charge on any atom is -0.494 e. The lowest BCUT2D eigenvalue weighted by Crippen LogP contribution is -2.33. The number of fused-ring (bicyclic) bond motifs is 1. The van der Waals surface area contributed by atoms with E-state index < -0.39 is 5.82 Å². The van der Waals surface area contributed by atoms with Crippen molar-refractivity contribution < 1.29 is 18.7 Å². The Morgan fingerprint density at radius 2 is 1.89 bits per heavy atom. The molecule has 0 aliphatic carbocycles. The Labute approximate surface area is 215 Å². The number of ether oxygens (including phenoxy) is 2. The van der Waals surface area contributed by atoms with Gasteiger partial charge in [0.25, 0.3) is 0 Å². The normalized spacial score (nSPS) is 14.6. The number of hydrogen-bond acceptors (Lipinski definition) is 7. The van der Waals surface area contributed by atoms with Gasteiger partial charge in [0.1, 0.15) is 5.75 Å². The Balaban J connectivity index is 1.51. The molecule has 0 saturated carbocycles. The van der Waals surface area contributed by atoms with Gasteiger partial charge >= 0.3 is 0 Å². The predicted octanol–water partition coefficient (Wildman–Crippen LogP) is 5.63. The number of nitrogens with zero attached hydrogens (tertiary/aromatic N) is 3. The Kier molecular flexibility index (Phi) is 8.43. The Bertz CT molecular complexity index is 1230. The molecule has 2 aromatic carbocycles. The minimum absolute atomic E-state index is 0.0992. The zero-order chi connectivity index (χ0) is 25.7. The third-order valence-corrected chi connectivity index (χ3v) is 6.75. The van der Waals surface area contributed by atoms with Crippen LogP contribution in [0.15, 0.2) is 30.3 Å². The number of nitrogens with one attached hydrogen (secondary N) is 2. The second kappa shape index (κ2) is 11.7. The van der Waals surface area contributed by atoms with Gasteiger partial charge in [-0.1, -0.05) is 18.5 Å². The van der Waals surface area contributed by atoms with Crippen molar-refractivity contribution in [3.8, 4) is 11.5 Å². The fraction of sp³-hybridized carbons (Fsp3) is 0.423. The van der Waals surface area contributed by atoms with Gasteiger partial charge in [-0.25, -0.2) is 4.39 Å². The molecule has 0 spiro atoms. The van der Waals surface area contributed by atoms with Crippen LogP contribution in [0.5, 0.6) is 11.5 Å². The molecule has 1 amide bonds. The highest BCUT2D eigenvalue weighted by Crippen LogP contribution is 2.37. The Morgan fingerprint density at radius 1 is 1.14 bits per heavy atom. The van der Waals surface area contributed by atoms with Crippen molar-refractivity contribution in [2.45, 2.75) is 32.6 Å². The smallest absolute Gasteiger partial charge is 0.224 e. The van der Waals surface area contributed by atoms with Gasteiger partial charge in [0, 0.05) is 29.6 Å². The average molecular weight is 516 g/mol. The first-order valence-corrected chi connectivity index (χ1v) is 12.4. The monoisotopic (exact) mass is 515 g/mol. The number of carbonyl (C=O) groups is 1. The van der Waals surface area contributed by atoms with Crippen LogP contribution in [0.25, 0.3) is 10.9 Å². The van der Waals surface area contributed by atoms with Crippen LogP contribution in [0.3, 0.4) is 0 Å². The third kappa shape index (κ3) is 6.14. The highest BCUT2D eigenvalue weighted by atomic mass is 35.5. The van der Waals surface area contributed by atoms with Gasteiger partial charge in [-0.15, -0.1) is 10.2 Å². The lowest BCUT2D eigenvalue weighted by molar-refractivity contribution is -0.116. The van der Waals surface area contributed by atoms with Gasteiger partial charge in [0.2, 0.25) is 5.91 Å². The van der Waals surface area contributed by atoms with E-state index >= 15 is 0 Å². The molecular formula is C26H31ClFN5O3. The summed E-state index contributed by atoms with van der Waals surface area (Å²) in [5.74, 6) is 0.760. The summed E-state index contributed by atoms with van der Waals surface area (Å²) in [7, 11) is 2.93. The number of methoxy groups -OCH3 is 2. The molecule has 192 valence electrons. The minimum atomic E-state index is -0.515. The molecule has 0 bridgehead atoms. The van der Waals surface area contributed by atoms with Crippen LogP contribution in [0.4, 0.5) is 21.5 Å². The summed E-state index contributed by atoms with van der Waals surface area (Å²) in [6.07, 6.45) is 3.61. The fourth-order valence-corrected chi connectivity index (χ4v) is 4.53. The van der Waals surface area contributed by atoms with Crippen LogP contribution in [0.2, 0.25) is 5.15 Å². The molecule has 4 rings (SSSR count). The summed E-state index contributed by atoms with van der Waals surface area (Å²) in [6.45, 7) is 5.39. The van der Waals surface area contributed by atoms with Crippen molar-refractivity contribution in [1.82, 2.24) is 15.1 Å². The van der Waals surface area contributed by atoms with Crippen LogP contribution >= 0.6 is 11.6 Å².